The molecule has 1 N–H and O–H groups in total. The van der Waals surface area contributed by atoms with Crippen molar-refractivity contribution in [2.45, 2.75) is 46.2 Å². The van der Waals surface area contributed by atoms with Crippen LogP contribution in [0.4, 0.5) is 0 Å². The maximum absolute atomic E-state index is 5.76. The number of benzene rings is 1. The molecule has 0 bridgehead atoms. The van der Waals surface area contributed by atoms with E-state index >= 15 is 0 Å². The monoisotopic (exact) mass is 404 g/mol. The smallest absolute Gasteiger partial charge is 0.170 e. The number of rotatable bonds is 5. The number of hydrogen-bond donors (Lipinski definition) is 1. The van der Waals surface area contributed by atoms with E-state index in [4.69, 9.17) is 12.2 Å². The fourth-order valence-corrected chi connectivity index (χ4v) is 4.94. The predicted molar refractivity (Wildman–Crippen MR) is 122 cm³/mol. The highest BCUT2D eigenvalue weighted by Gasteiger charge is 2.42. The number of thiocarbonyl (C=S) groups is 1. The Morgan fingerprint density at radius 1 is 1.00 bits per heavy atom. The summed E-state index contributed by atoms with van der Waals surface area (Å²) in [6.45, 7) is 9.79. The molecule has 4 rings (SSSR count). The highest BCUT2D eigenvalue weighted by atomic mass is 32.1. The summed E-state index contributed by atoms with van der Waals surface area (Å²) < 4.78 is 2.37. The first kappa shape index (κ1) is 19.6. The third kappa shape index (κ3) is 3.33. The molecule has 4 nitrogen and oxygen atoms in total. The summed E-state index contributed by atoms with van der Waals surface area (Å²) in [6.07, 6.45) is 2.91. The van der Waals surface area contributed by atoms with Crippen LogP contribution < -0.4 is 5.32 Å². The largest absolute Gasteiger partial charge is 0.352 e. The van der Waals surface area contributed by atoms with Gasteiger partial charge in [0.15, 0.2) is 5.11 Å². The fraction of sp³-hybridized carbons (Fsp3) is 0.333. The Kier molecular flexibility index (Phi) is 5.41. The molecule has 1 saturated heterocycles. The summed E-state index contributed by atoms with van der Waals surface area (Å²) in [4.78, 5) is 7.00. The molecule has 0 radical (unpaired) electrons. The fourth-order valence-electron chi connectivity index (χ4n) is 4.61. The van der Waals surface area contributed by atoms with Gasteiger partial charge in [-0.05, 0) is 69.2 Å². The van der Waals surface area contributed by atoms with Crippen LogP contribution in [0.15, 0.2) is 54.7 Å². The molecule has 0 aliphatic carbocycles. The number of para-hydroxylation sites is 1. The molecule has 29 heavy (non-hydrogen) atoms. The van der Waals surface area contributed by atoms with Gasteiger partial charge in [0.2, 0.25) is 0 Å². The molecule has 1 aromatic carbocycles. The summed E-state index contributed by atoms with van der Waals surface area (Å²) in [6, 6.07) is 16.8. The summed E-state index contributed by atoms with van der Waals surface area (Å²) in [5.74, 6) is 0. The average Bonchev–Trinajstić information content (AvgIpc) is 3.17. The van der Waals surface area contributed by atoms with E-state index in [1.54, 1.807) is 0 Å². The van der Waals surface area contributed by atoms with E-state index in [9.17, 15) is 0 Å². The first-order valence-electron chi connectivity index (χ1n) is 10.3. The molecule has 5 heteroatoms. The number of nitrogens with one attached hydrogen (secondary N) is 1. The van der Waals surface area contributed by atoms with Gasteiger partial charge in [-0.1, -0.05) is 31.2 Å². The van der Waals surface area contributed by atoms with E-state index in [0.717, 1.165) is 23.8 Å². The van der Waals surface area contributed by atoms with Gasteiger partial charge >= 0.3 is 0 Å². The molecule has 1 fully saturated rings. The van der Waals surface area contributed by atoms with Crippen LogP contribution >= 0.6 is 12.2 Å². The minimum atomic E-state index is 0.0404. The molecular formula is C24H28N4S. The third-order valence-corrected chi connectivity index (χ3v) is 6.33. The number of nitrogens with zero attached hydrogens (tertiary/aromatic N) is 3. The lowest BCUT2D eigenvalue weighted by Crippen LogP contribution is -2.30. The van der Waals surface area contributed by atoms with Crippen molar-refractivity contribution in [2.24, 2.45) is 0 Å². The molecule has 0 spiro atoms. The second-order valence-electron chi connectivity index (χ2n) is 7.70. The van der Waals surface area contributed by atoms with Gasteiger partial charge in [-0.3, -0.25) is 4.98 Å². The van der Waals surface area contributed by atoms with E-state index in [1.165, 1.54) is 28.2 Å². The zero-order chi connectivity index (χ0) is 20.5. The lowest BCUT2D eigenvalue weighted by Gasteiger charge is -2.28. The van der Waals surface area contributed by atoms with Crippen molar-refractivity contribution in [3.63, 3.8) is 0 Å². The molecule has 150 valence electrons. The average molecular weight is 405 g/mol. The van der Waals surface area contributed by atoms with Gasteiger partial charge in [0, 0.05) is 35.4 Å². The molecule has 2 atom stereocenters. The van der Waals surface area contributed by atoms with Crippen molar-refractivity contribution in [2.75, 3.05) is 6.54 Å². The minimum Gasteiger partial charge on any atom is -0.352 e. The molecule has 3 heterocycles. The predicted octanol–water partition coefficient (Wildman–Crippen LogP) is 5.18. The quantitative estimate of drug-likeness (QED) is 0.594. The van der Waals surface area contributed by atoms with Gasteiger partial charge in [0.25, 0.3) is 0 Å². The van der Waals surface area contributed by atoms with Gasteiger partial charge in [0.05, 0.1) is 17.8 Å². The third-order valence-electron chi connectivity index (χ3n) is 5.98. The molecule has 0 saturated carbocycles. The van der Waals surface area contributed by atoms with Gasteiger partial charge in [0.1, 0.15) is 0 Å². The lowest BCUT2D eigenvalue weighted by molar-refractivity contribution is 0.315. The summed E-state index contributed by atoms with van der Waals surface area (Å²) in [5.41, 5.74) is 7.44. The Bertz CT molecular complexity index is 1010. The lowest BCUT2D eigenvalue weighted by atomic mass is 9.93. The number of aromatic nitrogens is 2. The molecule has 1 aliphatic heterocycles. The minimum absolute atomic E-state index is 0.0404. The normalized spacial score (nSPS) is 18.9. The van der Waals surface area contributed by atoms with Crippen molar-refractivity contribution in [3.8, 4) is 5.69 Å². The van der Waals surface area contributed by atoms with Gasteiger partial charge in [-0.2, -0.15) is 0 Å². The van der Waals surface area contributed by atoms with Crippen LogP contribution in [0.25, 0.3) is 5.69 Å². The summed E-state index contributed by atoms with van der Waals surface area (Å²) in [5, 5.41) is 4.38. The van der Waals surface area contributed by atoms with E-state index in [0.29, 0.717) is 0 Å². The molecule has 0 amide bonds. The maximum atomic E-state index is 5.76. The Balaban J connectivity index is 1.89. The van der Waals surface area contributed by atoms with Crippen molar-refractivity contribution < 1.29 is 0 Å². The van der Waals surface area contributed by atoms with E-state index in [-0.39, 0.29) is 12.1 Å². The molecule has 0 unspecified atom stereocenters. The van der Waals surface area contributed by atoms with E-state index < -0.39 is 0 Å². The number of hydrogen-bond acceptors (Lipinski definition) is 2. The Morgan fingerprint density at radius 3 is 2.38 bits per heavy atom. The summed E-state index contributed by atoms with van der Waals surface area (Å²) in [7, 11) is 0. The second kappa shape index (κ2) is 7.99. The van der Waals surface area contributed by atoms with Crippen LogP contribution in [0, 0.1) is 20.8 Å². The van der Waals surface area contributed by atoms with Crippen molar-refractivity contribution in [1.82, 2.24) is 19.8 Å². The standard InChI is InChI=1S/C24H28N4S/c1-5-15-27-23(22(26-24(27)29)20-13-9-10-14-25-20)21-16(2)17(3)28(18(21)4)19-11-7-6-8-12-19/h6-14,22-23H,5,15H2,1-4H3,(H,26,29)/t22-,23-/m1/s1. The van der Waals surface area contributed by atoms with Crippen LogP contribution in [0.2, 0.25) is 0 Å². The Labute approximate surface area is 178 Å². The van der Waals surface area contributed by atoms with Crippen molar-refractivity contribution in [3.05, 3.63) is 82.9 Å². The number of pyridine rings is 1. The van der Waals surface area contributed by atoms with Gasteiger partial charge < -0.3 is 14.8 Å². The van der Waals surface area contributed by atoms with Gasteiger partial charge in [-0.15, -0.1) is 0 Å². The van der Waals surface area contributed by atoms with Crippen LogP contribution in [0.1, 0.15) is 53.6 Å². The van der Waals surface area contributed by atoms with E-state index in [2.05, 4.69) is 83.9 Å². The summed E-state index contributed by atoms with van der Waals surface area (Å²) >= 11 is 5.76. The second-order valence-corrected chi connectivity index (χ2v) is 8.09. The van der Waals surface area contributed by atoms with Crippen molar-refractivity contribution in [1.29, 1.82) is 0 Å². The van der Waals surface area contributed by atoms with Crippen LogP contribution in [0.3, 0.4) is 0 Å². The molecule has 3 aromatic rings. The first-order chi connectivity index (χ1) is 14.0. The zero-order valence-corrected chi connectivity index (χ0v) is 18.3. The Hall–Kier alpha value is -2.66. The van der Waals surface area contributed by atoms with Crippen molar-refractivity contribution >= 4 is 17.3 Å². The molecule has 2 aromatic heterocycles. The zero-order valence-electron chi connectivity index (χ0n) is 17.5. The topological polar surface area (TPSA) is 33.1 Å². The van der Waals surface area contributed by atoms with Crippen LogP contribution in [0.5, 0.6) is 0 Å². The van der Waals surface area contributed by atoms with Crippen LogP contribution in [-0.2, 0) is 0 Å². The van der Waals surface area contributed by atoms with Crippen LogP contribution in [-0.4, -0.2) is 26.1 Å². The molecular weight excluding hydrogens is 376 g/mol. The van der Waals surface area contributed by atoms with Gasteiger partial charge in [-0.25, -0.2) is 0 Å². The maximum Gasteiger partial charge on any atom is 0.170 e. The highest BCUT2D eigenvalue weighted by Crippen LogP contribution is 2.43. The van der Waals surface area contributed by atoms with E-state index in [1.807, 2.05) is 18.3 Å². The first-order valence-corrected chi connectivity index (χ1v) is 10.7. The Morgan fingerprint density at radius 2 is 1.72 bits per heavy atom. The highest BCUT2D eigenvalue weighted by molar-refractivity contribution is 7.80. The molecule has 1 aliphatic rings. The SMILES string of the molecule is CCCN1C(=S)N[C@H](c2ccccn2)[C@H]1c1c(C)c(C)n(-c2ccccc2)c1C.